The lowest BCUT2D eigenvalue weighted by Crippen LogP contribution is -2.20. The third kappa shape index (κ3) is 8.48. The Morgan fingerprint density at radius 2 is 1.37 bits per heavy atom. The van der Waals surface area contributed by atoms with Crippen LogP contribution in [0.15, 0.2) is 114 Å². The molecule has 0 amide bonds. The minimum absolute atomic E-state index is 0.0484. The first-order chi connectivity index (χ1) is 28.1. The van der Waals surface area contributed by atoms with E-state index in [1.807, 2.05) is 12.4 Å². The molecular formula is C54H59N3O2. The molecule has 0 aliphatic heterocycles. The molecule has 8 rings (SSSR count). The van der Waals surface area contributed by atoms with Gasteiger partial charge < -0.3 is 9.15 Å². The van der Waals surface area contributed by atoms with Crippen molar-refractivity contribution in [2.75, 3.05) is 0 Å². The van der Waals surface area contributed by atoms with Gasteiger partial charge in [-0.2, -0.15) is 0 Å². The summed E-state index contributed by atoms with van der Waals surface area (Å²) in [6.07, 6.45) is 8.84. The minimum Gasteiger partial charge on any atom is -0.453 e. The van der Waals surface area contributed by atoms with Gasteiger partial charge in [-0.25, -0.2) is 4.98 Å². The highest BCUT2D eigenvalue weighted by molar-refractivity contribution is 5.88. The zero-order chi connectivity index (χ0) is 41.6. The molecule has 5 nitrogen and oxygen atoms in total. The summed E-state index contributed by atoms with van der Waals surface area (Å²) >= 11 is 0. The molecule has 7 aromatic rings. The van der Waals surface area contributed by atoms with E-state index in [1.165, 1.54) is 53.5 Å². The number of aromatic nitrogens is 3. The molecule has 302 valence electrons. The maximum Gasteiger partial charge on any atom is 0.228 e. The van der Waals surface area contributed by atoms with Crippen LogP contribution < -0.4 is 4.74 Å². The second kappa shape index (κ2) is 15.9. The summed E-state index contributed by atoms with van der Waals surface area (Å²) in [7, 11) is 0. The maximum absolute atomic E-state index is 7.08. The van der Waals surface area contributed by atoms with E-state index in [-0.39, 0.29) is 17.3 Å². The second-order valence-corrected chi connectivity index (χ2v) is 19.2. The van der Waals surface area contributed by atoms with Gasteiger partial charge in [-0.05, 0) is 149 Å². The number of benzene rings is 4. The van der Waals surface area contributed by atoms with Crippen LogP contribution in [0.5, 0.6) is 11.5 Å². The Hall–Kier alpha value is -5.55. The van der Waals surface area contributed by atoms with Crippen molar-refractivity contribution in [1.29, 1.82) is 0 Å². The molecule has 0 unspecified atom stereocenters. The van der Waals surface area contributed by atoms with E-state index >= 15 is 0 Å². The fraction of sp³-hybridized carbons (Fsp3) is 0.352. The van der Waals surface area contributed by atoms with E-state index in [2.05, 4.69) is 166 Å². The van der Waals surface area contributed by atoms with Gasteiger partial charge in [0.05, 0.1) is 11.4 Å². The van der Waals surface area contributed by atoms with Crippen molar-refractivity contribution in [3.63, 3.8) is 0 Å². The number of rotatable bonds is 9. The fourth-order valence-corrected chi connectivity index (χ4v) is 8.94. The molecule has 0 atom stereocenters. The summed E-state index contributed by atoms with van der Waals surface area (Å²) in [5, 5.41) is 0. The fourth-order valence-electron chi connectivity index (χ4n) is 8.94. The van der Waals surface area contributed by atoms with Gasteiger partial charge in [-0.15, -0.1) is 0 Å². The Kier molecular flexibility index (Phi) is 10.8. The van der Waals surface area contributed by atoms with E-state index in [4.69, 9.17) is 24.1 Å². The molecule has 0 N–H and O–H groups in total. The monoisotopic (exact) mass is 781 g/mol. The highest BCUT2D eigenvalue weighted by atomic mass is 16.5. The molecule has 0 saturated heterocycles. The first-order valence-electron chi connectivity index (χ1n) is 21.5. The van der Waals surface area contributed by atoms with Gasteiger partial charge in [0.15, 0.2) is 11.3 Å². The molecule has 3 heterocycles. The Morgan fingerprint density at radius 3 is 2.05 bits per heavy atom. The van der Waals surface area contributed by atoms with Crippen molar-refractivity contribution in [3.05, 3.63) is 137 Å². The first kappa shape index (κ1) is 40.2. The predicted octanol–water partition coefficient (Wildman–Crippen LogP) is 15.6. The van der Waals surface area contributed by atoms with Gasteiger partial charge in [0, 0.05) is 29.1 Å². The summed E-state index contributed by atoms with van der Waals surface area (Å²) in [5.41, 5.74) is 14.9. The molecule has 1 aliphatic rings. The van der Waals surface area contributed by atoms with Crippen molar-refractivity contribution in [3.8, 4) is 56.6 Å². The standard InChI is InChI=1S/C54H59N3O2/c1-33(2)43-17-14-18-44(34(3)4)50(43)52-57-48-29-41(47-31-45(53(6,7)8)35(5)32-56-47)30-49(51(48)59-52)58-42-26-39(36-15-12-11-13-16-36)25-40(27-42)46-28-38(21-24-55-46)37-19-22-54(9,10)23-20-37/h11-18,21,24-34,37H,19-20,22-23H2,1-10H3. The normalized spacial score (nSPS) is 14.7. The van der Waals surface area contributed by atoms with Gasteiger partial charge in [0.2, 0.25) is 5.89 Å². The van der Waals surface area contributed by atoms with E-state index < -0.39 is 0 Å². The molecule has 3 aromatic heterocycles. The Bertz CT molecular complexity index is 2590. The summed E-state index contributed by atoms with van der Waals surface area (Å²) in [6, 6.07) is 34.4. The number of hydrogen-bond donors (Lipinski definition) is 0. The summed E-state index contributed by atoms with van der Waals surface area (Å²) < 4.78 is 14.0. The largest absolute Gasteiger partial charge is 0.453 e. The van der Waals surface area contributed by atoms with Crippen molar-refractivity contribution in [2.45, 2.75) is 118 Å². The molecule has 1 aliphatic carbocycles. The Morgan fingerprint density at radius 1 is 0.712 bits per heavy atom. The van der Waals surface area contributed by atoms with Crippen LogP contribution in [0.25, 0.3) is 56.2 Å². The van der Waals surface area contributed by atoms with Crippen LogP contribution in [-0.4, -0.2) is 15.0 Å². The zero-order valence-electron chi connectivity index (χ0n) is 36.6. The minimum atomic E-state index is -0.0484. The number of fused-ring (bicyclic) bond motifs is 1. The van der Waals surface area contributed by atoms with Crippen LogP contribution >= 0.6 is 0 Å². The maximum atomic E-state index is 7.08. The Labute approximate surface area is 351 Å². The smallest absolute Gasteiger partial charge is 0.228 e. The highest BCUT2D eigenvalue weighted by Gasteiger charge is 2.28. The average Bonchev–Trinajstić information content (AvgIpc) is 3.65. The molecule has 0 radical (unpaired) electrons. The van der Waals surface area contributed by atoms with Gasteiger partial charge in [0.25, 0.3) is 0 Å². The van der Waals surface area contributed by atoms with Crippen molar-refractivity contribution in [1.82, 2.24) is 15.0 Å². The number of oxazole rings is 1. The van der Waals surface area contributed by atoms with Crippen LogP contribution in [0.1, 0.15) is 134 Å². The van der Waals surface area contributed by atoms with Crippen LogP contribution in [0.3, 0.4) is 0 Å². The third-order valence-corrected chi connectivity index (χ3v) is 12.4. The van der Waals surface area contributed by atoms with Crippen LogP contribution in [0, 0.1) is 12.3 Å². The molecular weight excluding hydrogens is 723 g/mol. The molecule has 0 bridgehead atoms. The molecule has 1 saturated carbocycles. The third-order valence-electron chi connectivity index (χ3n) is 12.4. The molecule has 59 heavy (non-hydrogen) atoms. The number of hydrogen-bond acceptors (Lipinski definition) is 5. The zero-order valence-corrected chi connectivity index (χ0v) is 36.6. The molecule has 1 fully saturated rings. The molecule has 0 spiro atoms. The van der Waals surface area contributed by atoms with E-state index in [1.54, 1.807) is 0 Å². The van der Waals surface area contributed by atoms with Gasteiger partial charge in [0.1, 0.15) is 11.3 Å². The van der Waals surface area contributed by atoms with E-state index in [9.17, 15) is 0 Å². The van der Waals surface area contributed by atoms with Gasteiger partial charge >= 0.3 is 0 Å². The molecule has 4 aromatic carbocycles. The van der Waals surface area contributed by atoms with Gasteiger partial charge in [-0.3, -0.25) is 9.97 Å². The lowest BCUT2D eigenvalue weighted by Gasteiger charge is -2.34. The highest BCUT2D eigenvalue weighted by Crippen LogP contribution is 2.45. The number of pyridine rings is 2. The topological polar surface area (TPSA) is 61.0 Å². The number of nitrogens with zero attached hydrogens (tertiary/aromatic N) is 3. The SMILES string of the molecule is Cc1cnc(-c2cc(Oc3cc(-c4ccccc4)cc(-c4cc(C5CCC(C)(C)CC5)ccn4)c3)c3oc(-c4c(C(C)C)cccc4C(C)C)nc3c2)cc1C(C)(C)C. The predicted molar refractivity (Wildman–Crippen MR) is 244 cm³/mol. The van der Waals surface area contributed by atoms with Crippen LogP contribution in [0.2, 0.25) is 0 Å². The molecule has 5 heteroatoms. The van der Waals surface area contributed by atoms with Crippen molar-refractivity contribution >= 4 is 11.1 Å². The first-order valence-corrected chi connectivity index (χ1v) is 21.5. The number of aryl methyl sites for hydroxylation is 1. The van der Waals surface area contributed by atoms with Crippen molar-refractivity contribution < 1.29 is 9.15 Å². The second-order valence-electron chi connectivity index (χ2n) is 19.2. The number of ether oxygens (including phenoxy) is 1. The van der Waals surface area contributed by atoms with E-state index in [0.717, 1.165) is 44.7 Å². The van der Waals surface area contributed by atoms with Crippen molar-refractivity contribution in [2.24, 2.45) is 5.41 Å². The summed E-state index contributed by atoms with van der Waals surface area (Å²) in [6.45, 7) is 22.6. The lowest BCUT2D eigenvalue weighted by atomic mass is 9.71. The quantitative estimate of drug-likeness (QED) is 0.146. The lowest BCUT2D eigenvalue weighted by molar-refractivity contribution is 0.224. The van der Waals surface area contributed by atoms with Crippen LogP contribution in [0.4, 0.5) is 0 Å². The summed E-state index contributed by atoms with van der Waals surface area (Å²) in [4.78, 5) is 15.2. The van der Waals surface area contributed by atoms with E-state index in [0.29, 0.717) is 34.3 Å². The Balaban J connectivity index is 1.30. The van der Waals surface area contributed by atoms with Crippen LogP contribution in [-0.2, 0) is 5.41 Å². The summed E-state index contributed by atoms with van der Waals surface area (Å²) in [5.74, 6) is 3.00. The van der Waals surface area contributed by atoms with Gasteiger partial charge in [-0.1, -0.05) is 111 Å². The average molecular weight is 782 g/mol.